The number of hydrogen-bond acceptors (Lipinski definition) is 10. The van der Waals surface area contributed by atoms with Crippen LogP contribution in [0, 0.1) is 17.9 Å². The van der Waals surface area contributed by atoms with Crippen molar-refractivity contribution in [3.8, 4) is 12.0 Å². The second-order valence-electron chi connectivity index (χ2n) is 16.0. The summed E-state index contributed by atoms with van der Waals surface area (Å²) in [5.41, 5.74) is 2.74. The number of alkyl carbamates (subject to hydrolysis) is 1. The smallest absolute Gasteiger partial charge is 0.361 e. The van der Waals surface area contributed by atoms with E-state index in [0.717, 1.165) is 30.3 Å². The number of piperazine rings is 1. The van der Waals surface area contributed by atoms with Crippen LogP contribution in [0.2, 0.25) is 0 Å². The Morgan fingerprint density at radius 2 is 1.88 bits per heavy atom. The molecule has 7 atom stereocenters. The molecule has 3 aromatic rings. The molecule has 5 N–H and O–H groups in total. The third-order valence-electron chi connectivity index (χ3n) is 11.7. The topological polar surface area (TPSA) is 211 Å². The van der Waals surface area contributed by atoms with Gasteiger partial charge in [-0.05, 0) is 74.8 Å². The maximum atomic E-state index is 14.2. The molecule has 8 rings (SSSR count). The van der Waals surface area contributed by atoms with Gasteiger partial charge in [0.15, 0.2) is 0 Å². The van der Waals surface area contributed by atoms with Crippen molar-refractivity contribution in [2.75, 3.05) is 37.4 Å². The van der Waals surface area contributed by atoms with Crippen LogP contribution in [0.25, 0.3) is 10.9 Å². The van der Waals surface area contributed by atoms with Crippen molar-refractivity contribution in [1.82, 2.24) is 30.3 Å². The Labute approximate surface area is 364 Å². The van der Waals surface area contributed by atoms with Crippen molar-refractivity contribution >= 4 is 67.4 Å². The van der Waals surface area contributed by atoms with E-state index < -0.39 is 45.8 Å². The van der Waals surface area contributed by atoms with Gasteiger partial charge in [0.2, 0.25) is 17.5 Å². The largest absolute Gasteiger partial charge is 0.421 e. The number of likely N-dealkylation sites (tertiary alicyclic amines) is 1. The molecule has 60 heavy (non-hydrogen) atoms. The lowest BCUT2D eigenvalue weighted by atomic mass is 9.72. The van der Waals surface area contributed by atoms with Gasteiger partial charge in [-0.2, -0.15) is 8.42 Å². The number of aromatic amines is 1. The fourth-order valence-electron chi connectivity index (χ4n) is 9.16. The number of nitrogens with zero attached hydrogens (tertiary/aromatic N) is 3. The number of H-pyrrole nitrogens is 1. The number of carbonyl (C=O) groups excluding carboxylic acids is 4. The summed E-state index contributed by atoms with van der Waals surface area (Å²) in [7, 11) is -1.61. The summed E-state index contributed by atoms with van der Waals surface area (Å²) in [6, 6.07) is 14.4. The van der Waals surface area contributed by atoms with Crippen LogP contribution in [0.3, 0.4) is 0 Å². The first-order valence-corrected chi connectivity index (χ1v) is 23.5. The molecule has 4 fully saturated rings. The Hall–Kier alpha value is -4.26. The molecule has 16 nitrogen and oxygen atoms in total. The number of ether oxygens (including phenoxy) is 2. The van der Waals surface area contributed by atoms with Gasteiger partial charge in [-0.3, -0.25) is 28.6 Å². The van der Waals surface area contributed by atoms with Crippen LogP contribution in [0.15, 0.2) is 54.7 Å². The number of aromatic nitrogens is 1. The van der Waals surface area contributed by atoms with Crippen molar-refractivity contribution in [3.63, 3.8) is 0 Å². The number of hydrogen-bond donors (Lipinski definition) is 5. The molecule has 4 saturated heterocycles. The van der Waals surface area contributed by atoms with Gasteiger partial charge < -0.3 is 35.3 Å². The number of rotatable bonds is 7. The van der Waals surface area contributed by atoms with Gasteiger partial charge in [0.25, 0.3) is 21.9 Å². The normalized spacial score (nSPS) is 27.8. The average Bonchev–Trinajstić information content (AvgIpc) is 3.91. The van der Waals surface area contributed by atoms with E-state index >= 15 is 0 Å². The van der Waals surface area contributed by atoms with Crippen molar-refractivity contribution in [2.45, 2.75) is 94.5 Å². The van der Waals surface area contributed by atoms with Crippen LogP contribution in [-0.4, -0.2) is 129 Å². The molecule has 324 valence electrons. The summed E-state index contributed by atoms with van der Waals surface area (Å²) in [4.78, 5) is 61.2. The molecule has 5 heterocycles. The minimum Gasteiger partial charge on any atom is -0.361 e. The van der Waals surface area contributed by atoms with E-state index in [-0.39, 0.29) is 36.1 Å². The number of carbonyl (C=O) groups is 4. The first-order valence-electron chi connectivity index (χ1n) is 20.1. The fourth-order valence-corrected chi connectivity index (χ4v) is 9.32. The third kappa shape index (κ3) is 9.76. The lowest BCUT2D eigenvalue weighted by Gasteiger charge is -2.48. The zero-order valence-corrected chi connectivity index (χ0v) is 37.1. The first-order chi connectivity index (χ1) is 28.5. The molecule has 0 bridgehead atoms. The predicted molar refractivity (Wildman–Crippen MR) is 231 cm³/mol. The number of halogens is 1. The molecule has 1 aliphatic carbocycles. The van der Waals surface area contributed by atoms with Gasteiger partial charge in [-0.25, -0.2) is 4.79 Å². The molecule has 4 amide bonds. The van der Waals surface area contributed by atoms with Crippen molar-refractivity contribution in [1.29, 1.82) is 0 Å². The quantitative estimate of drug-likeness (QED) is 0.0761. The van der Waals surface area contributed by atoms with Gasteiger partial charge >= 0.3 is 6.09 Å². The van der Waals surface area contributed by atoms with E-state index in [1.54, 1.807) is 4.90 Å². The minimum absolute atomic E-state index is 0.171. The molecule has 1 unspecified atom stereocenters. The number of piperidine rings is 1. The highest BCUT2D eigenvalue weighted by Gasteiger charge is 2.70. The van der Waals surface area contributed by atoms with Crippen LogP contribution in [-0.2, 0) is 46.8 Å². The van der Waals surface area contributed by atoms with Crippen LogP contribution in [0.4, 0.5) is 4.79 Å². The summed E-state index contributed by atoms with van der Waals surface area (Å²) in [6.07, 6.45) is 9.70. The fraction of sp³-hybridized carbons (Fsp3) is 0.524. The molecule has 1 aromatic heterocycles. The second kappa shape index (κ2) is 18.8. The summed E-state index contributed by atoms with van der Waals surface area (Å²) >= 11 is 2.08. The summed E-state index contributed by atoms with van der Waals surface area (Å²) in [5.74, 6) is -0.688. The standard InChI is InChI=1S/C33H37N5O5.C8H12INO2.CH4O3S/c1-32(35-29(39)21-15-23-22-10-6-11-24-28(22)20(17-34-24)16-25(23)36(2)18-21)31(41)38-26(14-19-8-4-3-5-9-19)30(40)37-13-7-12-27(37)33(38,42)43-32;1-2-3-6-10-8(11)12-7-4-5-9;1-5(2,3)4/h3-6,8-11,17,21,23,25-27,34,42H,7,12-16,18H2,1-2H3,(H,35,39);2-3,5-6H2,1H3,(H,10,11);1H3,(H,2,3,4)/t21-,23?,25-,26+,27+,32-,33+;;/m1../s1. The molecular formula is C42H53IN6O10S. The van der Waals surface area contributed by atoms with Gasteiger partial charge in [0.05, 0.1) is 16.6 Å². The number of benzene rings is 2. The number of fused-ring (bicyclic) bond motifs is 5. The second-order valence-corrected chi connectivity index (χ2v) is 18.2. The van der Waals surface area contributed by atoms with Gasteiger partial charge in [0.1, 0.15) is 18.2 Å². The summed E-state index contributed by atoms with van der Waals surface area (Å²) in [5, 5.41) is 18.8. The maximum Gasteiger partial charge on any atom is 0.421 e. The molecule has 0 spiro atoms. The Morgan fingerprint density at radius 3 is 2.58 bits per heavy atom. The monoisotopic (exact) mass is 960 g/mol. The van der Waals surface area contributed by atoms with Crippen LogP contribution < -0.4 is 10.6 Å². The lowest BCUT2D eigenvalue weighted by Crippen LogP contribution is -2.71. The lowest BCUT2D eigenvalue weighted by molar-refractivity contribution is -0.315. The van der Waals surface area contributed by atoms with Crippen molar-refractivity contribution in [2.24, 2.45) is 5.92 Å². The maximum absolute atomic E-state index is 14.2. The van der Waals surface area contributed by atoms with E-state index in [1.165, 1.54) is 28.3 Å². The molecular weight excluding hydrogens is 907 g/mol. The SMILES string of the molecule is CCCCNC(=O)OC#CCI.CN1C[C@H](C(=O)N[C@]2(C)O[C@@]3(O)[C@@H]4CCCN4C(=O)[C@H](Cc4ccccc4)N3C2=O)CC2c3cccc4[nH]cc(c34)C[C@H]21.CS(=O)(=O)O. The van der Waals surface area contributed by atoms with Gasteiger partial charge in [0, 0.05) is 55.1 Å². The summed E-state index contributed by atoms with van der Waals surface area (Å²) in [6.45, 7) is 5.27. The molecule has 4 aliphatic heterocycles. The van der Waals surface area contributed by atoms with Gasteiger partial charge in [-0.15, -0.1) is 0 Å². The number of likely N-dealkylation sites (N-methyl/N-ethyl adjacent to an activating group) is 1. The van der Waals surface area contributed by atoms with Gasteiger partial charge in [-0.1, -0.05) is 78.4 Å². The highest BCUT2D eigenvalue weighted by molar-refractivity contribution is 14.1. The van der Waals surface area contributed by atoms with Crippen LogP contribution in [0.1, 0.15) is 68.6 Å². The number of nitrogens with one attached hydrogen (secondary N) is 3. The third-order valence-corrected chi connectivity index (χ3v) is 12.1. The van der Waals surface area contributed by atoms with E-state index in [0.29, 0.717) is 49.6 Å². The van der Waals surface area contributed by atoms with Crippen LogP contribution >= 0.6 is 22.6 Å². The molecule has 0 saturated carbocycles. The Morgan fingerprint density at radius 1 is 1.15 bits per heavy atom. The zero-order chi connectivity index (χ0) is 43.4. The number of unbranched alkanes of at least 4 members (excludes halogenated alkanes) is 1. The number of alkyl halides is 1. The first kappa shape index (κ1) is 45.3. The molecule has 5 aliphatic rings. The Kier molecular flexibility index (Phi) is 14.2. The van der Waals surface area contributed by atoms with Crippen LogP contribution in [0.5, 0.6) is 0 Å². The molecule has 2 aromatic carbocycles. The number of amides is 4. The zero-order valence-electron chi connectivity index (χ0n) is 34.1. The summed E-state index contributed by atoms with van der Waals surface area (Å²) < 4.78 is 37.3. The average molecular weight is 961 g/mol. The predicted octanol–water partition coefficient (Wildman–Crippen LogP) is 3.49. The van der Waals surface area contributed by atoms with Crippen molar-refractivity contribution in [3.05, 3.63) is 71.4 Å². The molecule has 0 radical (unpaired) electrons. The van der Waals surface area contributed by atoms with E-state index in [2.05, 4.69) is 98.2 Å². The molecule has 18 heteroatoms. The van der Waals surface area contributed by atoms with E-state index in [9.17, 15) is 32.7 Å². The number of aliphatic hydroxyl groups is 1. The van der Waals surface area contributed by atoms with E-state index in [4.69, 9.17) is 9.29 Å². The Balaban J connectivity index is 0.000000301. The highest BCUT2D eigenvalue weighted by Crippen LogP contribution is 2.47. The van der Waals surface area contributed by atoms with E-state index in [1.807, 2.05) is 30.3 Å². The highest BCUT2D eigenvalue weighted by atomic mass is 127. The Bertz CT molecular complexity index is 2240. The van der Waals surface area contributed by atoms with Crippen molar-refractivity contribution < 1.29 is 46.7 Å². The minimum atomic E-state index is -3.67.